The summed E-state index contributed by atoms with van der Waals surface area (Å²) < 4.78 is 7.16. The second-order valence-electron chi connectivity index (χ2n) is 4.56. The van der Waals surface area contributed by atoms with Gasteiger partial charge in [-0.25, -0.2) is 4.98 Å². The molecule has 0 amide bonds. The minimum atomic E-state index is 0.637. The SMILES string of the molecule is COc1c(Br)cc(Br)c2nc(-c3ccccc3)cc(N)c12. The van der Waals surface area contributed by atoms with Crippen molar-refractivity contribution in [3.8, 4) is 17.0 Å². The maximum atomic E-state index is 6.25. The molecule has 1 heterocycles. The molecule has 0 radical (unpaired) electrons. The number of pyridine rings is 1. The van der Waals surface area contributed by atoms with Crippen molar-refractivity contribution < 1.29 is 4.74 Å². The first-order valence-corrected chi connectivity index (χ1v) is 7.88. The number of anilines is 1. The summed E-state index contributed by atoms with van der Waals surface area (Å²) in [5.41, 5.74) is 9.54. The van der Waals surface area contributed by atoms with Crippen molar-refractivity contribution in [2.45, 2.75) is 0 Å². The van der Waals surface area contributed by atoms with Crippen LogP contribution in [-0.4, -0.2) is 12.1 Å². The number of methoxy groups -OCH3 is 1. The summed E-state index contributed by atoms with van der Waals surface area (Å²) in [6.07, 6.45) is 0. The van der Waals surface area contributed by atoms with E-state index in [0.29, 0.717) is 11.4 Å². The lowest BCUT2D eigenvalue weighted by atomic mass is 10.1. The zero-order valence-electron chi connectivity index (χ0n) is 11.2. The van der Waals surface area contributed by atoms with Crippen molar-refractivity contribution in [1.29, 1.82) is 0 Å². The molecule has 1 aromatic heterocycles. The van der Waals surface area contributed by atoms with Gasteiger partial charge in [-0.15, -0.1) is 0 Å². The van der Waals surface area contributed by atoms with E-state index in [2.05, 4.69) is 31.9 Å². The van der Waals surface area contributed by atoms with Crippen LogP contribution in [0.4, 0.5) is 5.69 Å². The topological polar surface area (TPSA) is 48.1 Å². The Morgan fingerprint density at radius 1 is 1.05 bits per heavy atom. The van der Waals surface area contributed by atoms with Crippen LogP contribution in [0.1, 0.15) is 0 Å². The third-order valence-electron chi connectivity index (χ3n) is 3.25. The molecule has 0 aliphatic carbocycles. The number of ether oxygens (including phenoxy) is 1. The summed E-state index contributed by atoms with van der Waals surface area (Å²) >= 11 is 7.04. The minimum Gasteiger partial charge on any atom is -0.495 e. The highest BCUT2D eigenvalue weighted by Crippen LogP contribution is 2.41. The van der Waals surface area contributed by atoms with Gasteiger partial charge in [0.1, 0.15) is 5.75 Å². The monoisotopic (exact) mass is 406 g/mol. The highest BCUT2D eigenvalue weighted by molar-refractivity contribution is 9.11. The third-order valence-corrected chi connectivity index (χ3v) is 4.44. The molecule has 0 saturated heterocycles. The molecule has 2 N–H and O–H groups in total. The summed E-state index contributed by atoms with van der Waals surface area (Å²) in [6, 6.07) is 13.8. The van der Waals surface area contributed by atoms with E-state index in [1.54, 1.807) is 7.11 Å². The van der Waals surface area contributed by atoms with Crippen LogP contribution in [0.15, 0.2) is 51.4 Å². The van der Waals surface area contributed by atoms with Crippen molar-refractivity contribution >= 4 is 48.5 Å². The van der Waals surface area contributed by atoms with E-state index in [1.165, 1.54) is 0 Å². The number of rotatable bonds is 2. The van der Waals surface area contributed by atoms with E-state index in [9.17, 15) is 0 Å². The standard InChI is InChI=1S/C16H12Br2N2O/c1-21-16-11(18)7-10(17)15-14(16)12(19)8-13(20-15)9-5-3-2-4-6-9/h2-8H,1H3,(H2,19,20). The minimum absolute atomic E-state index is 0.637. The summed E-state index contributed by atoms with van der Waals surface area (Å²) in [5.74, 6) is 0.692. The van der Waals surface area contributed by atoms with Gasteiger partial charge in [-0.3, -0.25) is 0 Å². The first-order valence-electron chi connectivity index (χ1n) is 6.29. The smallest absolute Gasteiger partial charge is 0.144 e. The van der Waals surface area contributed by atoms with Crippen LogP contribution in [0.3, 0.4) is 0 Å². The van der Waals surface area contributed by atoms with Gasteiger partial charge in [0.05, 0.1) is 28.2 Å². The quantitative estimate of drug-likeness (QED) is 0.648. The van der Waals surface area contributed by atoms with Gasteiger partial charge in [0.15, 0.2) is 0 Å². The molecule has 3 nitrogen and oxygen atoms in total. The van der Waals surface area contributed by atoms with Gasteiger partial charge < -0.3 is 10.5 Å². The number of benzene rings is 2. The molecule has 0 unspecified atom stereocenters. The lowest BCUT2D eigenvalue weighted by molar-refractivity contribution is 0.417. The zero-order chi connectivity index (χ0) is 15.0. The molecular formula is C16H12Br2N2O. The number of hydrogen-bond acceptors (Lipinski definition) is 3. The fraction of sp³-hybridized carbons (Fsp3) is 0.0625. The Bertz CT molecular complexity index is 820. The Kier molecular flexibility index (Phi) is 3.87. The Morgan fingerprint density at radius 3 is 2.43 bits per heavy atom. The van der Waals surface area contributed by atoms with Crippen molar-refractivity contribution in [2.24, 2.45) is 0 Å². The van der Waals surface area contributed by atoms with Crippen LogP contribution in [0.25, 0.3) is 22.2 Å². The van der Waals surface area contributed by atoms with Gasteiger partial charge in [-0.2, -0.15) is 0 Å². The summed E-state index contributed by atoms with van der Waals surface area (Å²) in [4.78, 5) is 4.73. The van der Waals surface area contributed by atoms with Gasteiger partial charge in [-0.05, 0) is 44.0 Å². The average Bonchev–Trinajstić information content (AvgIpc) is 2.49. The van der Waals surface area contributed by atoms with E-state index >= 15 is 0 Å². The van der Waals surface area contributed by atoms with E-state index in [1.807, 2.05) is 42.5 Å². The van der Waals surface area contributed by atoms with Crippen LogP contribution in [-0.2, 0) is 0 Å². The first kappa shape index (κ1) is 14.4. The lowest BCUT2D eigenvalue weighted by Crippen LogP contribution is -1.97. The van der Waals surface area contributed by atoms with Crippen molar-refractivity contribution in [3.05, 3.63) is 51.4 Å². The summed E-state index contributed by atoms with van der Waals surface area (Å²) in [5, 5.41) is 0.804. The molecule has 2 aromatic carbocycles. The molecule has 0 aliphatic rings. The number of aromatic nitrogens is 1. The number of hydrogen-bond donors (Lipinski definition) is 1. The average molecular weight is 408 g/mol. The third kappa shape index (κ3) is 2.51. The van der Waals surface area contributed by atoms with Crippen molar-refractivity contribution in [3.63, 3.8) is 0 Å². The van der Waals surface area contributed by atoms with Gasteiger partial charge >= 0.3 is 0 Å². The first-order chi connectivity index (χ1) is 10.1. The zero-order valence-corrected chi connectivity index (χ0v) is 14.4. The normalized spacial score (nSPS) is 10.8. The van der Waals surface area contributed by atoms with Gasteiger partial charge in [0, 0.05) is 15.7 Å². The highest BCUT2D eigenvalue weighted by Gasteiger charge is 2.15. The maximum Gasteiger partial charge on any atom is 0.144 e. The van der Waals surface area contributed by atoms with E-state index < -0.39 is 0 Å². The fourth-order valence-electron chi connectivity index (χ4n) is 2.30. The van der Waals surface area contributed by atoms with Crippen molar-refractivity contribution in [1.82, 2.24) is 4.98 Å². The summed E-state index contributed by atoms with van der Waals surface area (Å²) in [7, 11) is 1.62. The molecule has 0 fully saturated rings. The molecule has 0 atom stereocenters. The van der Waals surface area contributed by atoms with Crippen LogP contribution in [0.2, 0.25) is 0 Å². The number of nitrogen functional groups attached to an aromatic ring is 1. The second kappa shape index (κ2) is 5.66. The molecular weight excluding hydrogens is 396 g/mol. The number of fused-ring (bicyclic) bond motifs is 1. The lowest BCUT2D eigenvalue weighted by Gasteiger charge is -2.13. The van der Waals surface area contributed by atoms with Gasteiger partial charge in [0.25, 0.3) is 0 Å². The molecule has 0 bridgehead atoms. The fourth-order valence-corrected chi connectivity index (χ4v) is 3.71. The Balaban J connectivity index is 2.35. The molecule has 21 heavy (non-hydrogen) atoms. The molecule has 106 valence electrons. The predicted octanol–water partition coefficient (Wildman–Crippen LogP) is 5.02. The van der Waals surface area contributed by atoms with E-state index in [-0.39, 0.29) is 0 Å². The predicted molar refractivity (Wildman–Crippen MR) is 93.5 cm³/mol. The number of nitrogens with two attached hydrogens (primary N) is 1. The van der Waals surface area contributed by atoms with Crippen LogP contribution < -0.4 is 10.5 Å². The molecule has 0 aliphatic heterocycles. The number of nitrogens with zero attached hydrogens (tertiary/aromatic N) is 1. The Labute approximate surface area is 139 Å². The molecule has 3 aromatic rings. The van der Waals surface area contributed by atoms with Crippen LogP contribution in [0, 0.1) is 0 Å². The molecule has 3 rings (SSSR count). The Hall–Kier alpha value is -1.59. The number of halogens is 2. The van der Waals surface area contributed by atoms with Gasteiger partial charge in [0.2, 0.25) is 0 Å². The summed E-state index contributed by atoms with van der Waals surface area (Å²) in [6.45, 7) is 0. The van der Waals surface area contributed by atoms with E-state index in [4.69, 9.17) is 15.5 Å². The van der Waals surface area contributed by atoms with Crippen LogP contribution >= 0.6 is 31.9 Å². The highest BCUT2D eigenvalue weighted by atomic mass is 79.9. The second-order valence-corrected chi connectivity index (χ2v) is 6.27. The van der Waals surface area contributed by atoms with E-state index in [0.717, 1.165) is 31.1 Å². The van der Waals surface area contributed by atoms with Gasteiger partial charge in [-0.1, -0.05) is 30.3 Å². The molecule has 5 heteroatoms. The molecule has 0 spiro atoms. The largest absolute Gasteiger partial charge is 0.495 e. The molecule has 0 saturated carbocycles. The van der Waals surface area contributed by atoms with Crippen LogP contribution in [0.5, 0.6) is 5.75 Å². The maximum absolute atomic E-state index is 6.25. The Morgan fingerprint density at radius 2 is 1.76 bits per heavy atom. The van der Waals surface area contributed by atoms with Crippen molar-refractivity contribution in [2.75, 3.05) is 12.8 Å².